The van der Waals surface area contributed by atoms with Crippen LogP contribution in [0, 0.1) is 17.3 Å². The van der Waals surface area contributed by atoms with E-state index in [1.807, 2.05) is 56.8 Å². The van der Waals surface area contributed by atoms with Crippen LogP contribution in [0.5, 0.6) is 0 Å². The molecule has 216 valence electrons. The summed E-state index contributed by atoms with van der Waals surface area (Å²) in [4.78, 5) is 12.6. The summed E-state index contributed by atoms with van der Waals surface area (Å²) in [6.45, 7) is 15.6. The van der Waals surface area contributed by atoms with Crippen molar-refractivity contribution in [2.45, 2.75) is 111 Å². The fourth-order valence-electron chi connectivity index (χ4n) is 4.79. The quantitative estimate of drug-likeness (QED) is 0.221. The van der Waals surface area contributed by atoms with Crippen LogP contribution in [0.25, 0.3) is 10.9 Å². The molecule has 0 unspecified atom stereocenters. The lowest BCUT2D eigenvalue weighted by Crippen LogP contribution is -2.47. The van der Waals surface area contributed by atoms with E-state index in [1.165, 1.54) is 0 Å². The third kappa shape index (κ3) is 9.33. The number of aryl methyl sites for hydroxylation is 1. The van der Waals surface area contributed by atoms with Gasteiger partial charge in [0.25, 0.3) is 0 Å². The van der Waals surface area contributed by atoms with Gasteiger partial charge in [0.2, 0.25) is 5.91 Å². The minimum atomic E-state index is -0.897. The summed E-state index contributed by atoms with van der Waals surface area (Å²) in [6, 6.07) is 5.36. The predicted octanol–water partition coefficient (Wildman–Crippen LogP) is 4.57. The molecule has 0 fully saturated rings. The number of carbonyl (C=O) groups is 1. The van der Waals surface area contributed by atoms with Crippen LogP contribution in [0.3, 0.4) is 0 Å². The van der Waals surface area contributed by atoms with Crippen LogP contribution in [-0.2, 0) is 16.1 Å². The highest BCUT2D eigenvalue weighted by molar-refractivity contribution is 5.81. The first-order chi connectivity index (χ1) is 17.9. The van der Waals surface area contributed by atoms with Gasteiger partial charge in [-0.25, -0.2) is 0 Å². The normalized spacial score (nSPS) is 15.7. The average Bonchev–Trinajstić information content (AvgIpc) is 3.28. The number of benzene rings is 1. The van der Waals surface area contributed by atoms with Gasteiger partial charge >= 0.3 is 0 Å². The maximum Gasteiger partial charge on any atom is 0.225 e. The standard InChI is InChI=1S/C30H52N4O4/c1-8-9-13-30(6,7)29(37)32-19-27(35)25(31)17-24(20(2)3)28(36)22-11-12-23-18-33-34(26(23)16-22)14-10-15-38-21(4)5/h11-12,16,18,20-21,24-25,27-28,35-36H,8-10,13-15,17,19,31H2,1-7H3,(H,32,37)/t24-,25-,27-,28+/m0/s1. The third-order valence-corrected chi connectivity index (χ3v) is 7.52. The van der Waals surface area contributed by atoms with Gasteiger partial charge < -0.3 is 26.0 Å². The summed E-state index contributed by atoms with van der Waals surface area (Å²) < 4.78 is 7.61. The van der Waals surface area contributed by atoms with E-state index in [4.69, 9.17) is 10.5 Å². The zero-order valence-corrected chi connectivity index (χ0v) is 24.6. The van der Waals surface area contributed by atoms with Crippen LogP contribution in [0.1, 0.15) is 92.2 Å². The Bertz CT molecular complexity index is 988. The number of carbonyl (C=O) groups excluding carboxylic acids is 1. The molecule has 5 N–H and O–H groups in total. The topological polar surface area (TPSA) is 123 Å². The molecule has 4 atom stereocenters. The maximum absolute atomic E-state index is 12.6. The Kier molecular flexibility index (Phi) is 12.7. The number of fused-ring (bicyclic) bond motifs is 1. The molecule has 1 amide bonds. The summed E-state index contributed by atoms with van der Waals surface area (Å²) >= 11 is 0. The summed E-state index contributed by atoms with van der Waals surface area (Å²) in [5.41, 5.74) is 7.70. The first-order valence-corrected chi connectivity index (χ1v) is 14.3. The van der Waals surface area contributed by atoms with Crippen LogP contribution < -0.4 is 11.1 Å². The number of aromatic nitrogens is 2. The van der Waals surface area contributed by atoms with Crippen molar-refractivity contribution in [2.75, 3.05) is 13.2 Å². The molecule has 1 aromatic carbocycles. The lowest BCUT2D eigenvalue weighted by Gasteiger charge is -2.31. The molecule has 0 saturated heterocycles. The second-order valence-corrected chi connectivity index (χ2v) is 12.0. The van der Waals surface area contributed by atoms with Crippen molar-refractivity contribution < 1.29 is 19.7 Å². The number of hydrogen-bond acceptors (Lipinski definition) is 6. The Labute approximate surface area is 229 Å². The van der Waals surface area contributed by atoms with Crippen molar-refractivity contribution in [2.24, 2.45) is 23.0 Å². The Balaban J connectivity index is 2.04. The number of hydrogen-bond donors (Lipinski definition) is 4. The van der Waals surface area contributed by atoms with Gasteiger partial charge in [0.15, 0.2) is 0 Å². The van der Waals surface area contributed by atoms with Crippen molar-refractivity contribution in [1.82, 2.24) is 15.1 Å². The molecular formula is C30H52N4O4. The Morgan fingerprint density at radius 2 is 1.89 bits per heavy atom. The molecular weight excluding hydrogens is 480 g/mol. The largest absolute Gasteiger partial charge is 0.390 e. The van der Waals surface area contributed by atoms with Gasteiger partial charge in [-0.15, -0.1) is 0 Å². The number of nitrogens with one attached hydrogen (secondary N) is 1. The molecule has 0 aliphatic rings. The van der Waals surface area contributed by atoms with Crippen LogP contribution in [0.15, 0.2) is 24.4 Å². The number of aliphatic hydroxyl groups is 2. The van der Waals surface area contributed by atoms with E-state index in [0.29, 0.717) is 13.0 Å². The number of nitrogens with zero attached hydrogens (tertiary/aromatic N) is 2. The Morgan fingerprint density at radius 1 is 1.18 bits per heavy atom. The first kappa shape index (κ1) is 32.2. The summed E-state index contributed by atoms with van der Waals surface area (Å²) in [7, 11) is 0. The molecule has 0 aliphatic heterocycles. The van der Waals surface area contributed by atoms with Crippen molar-refractivity contribution in [3.63, 3.8) is 0 Å². The van der Waals surface area contributed by atoms with E-state index in [0.717, 1.165) is 48.7 Å². The predicted molar refractivity (Wildman–Crippen MR) is 154 cm³/mol. The van der Waals surface area contributed by atoms with E-state index in [2.05, 4.69) is 31.2 Å². The number of nitrogens with two attached hydrogens (primary N) is 1. The molecule has 8 nitrogen and oxygen atoms in total. The van der Waals surface area contributed by atoms with Gasteiger partial charge in [-0.1, -0.05) is 59.6 Å². The number of ether oxygens (including phenoxy) is 1. The van der Waals surface area contributed by atoms with E-state index in [-0.39, 0.29) is 30.4 Å². The molecule has 2 aromatic rings. The van der Waals surface area contributed by atoms with Gasteiger partial charge in [-0.3, -0.25) is 9.48 Å². The van der Waals surface area contributed by atoms with Crippen LogP contribution in [-0.4, -0.2) is 57.3 Å². The van der Waals surface area contributed by atoms with E-state index >= 15 is 0 Å². The highest BCUT2D eigenvalue weighted by atomic mass is 16.5. The van der Waals surface area contributed by atoms with Crippen molar-refractivity contribution >= 4 is 16.8 Å². The Morgan fingerprint density at radius 3 is 2.53 bits per heavy atom. The molecule has 1 aromatic heterocycles. The van der Waals surface area contributed by atoms with Crippen LogP contribution in [0.2, 0.25) is 0 Å². The first-order valence-electron chi connectivity index (χ1n) is 14.3. The summed E-state index contributed by atoms with van der Waals surface area (Å²) in [5, 5.41) is 30.6. The lowest BCUT2D eigenvalue weighted by molar-refractivity contribution is -0.130. The molecule has 0 spiro atoms. The van der Waals surface area contributed by atoms with Gasteiger partial charge in [0, 0.05) is 36.5 Å². The van der Waals surface area contributed by atoms with Gasteiger partial charge in [0.1, 0.15) is 0 Å². The SMILES string of the molecule is CCCCC(C)(C)C(=O)NC[C@H](O)[C@@H](N)C[C@@H](C(C)C)[C@H](O)c1ccc2cnn(CCCOC(C)C)c2c1. The van der Waals surface area contributed by atoms with Crippen LogP contribution in [0.4, 0.5) is 0 Å². The molecule has 0 saturated carbocycles. The zero-order chi connectivity index (χ0) is 28.5. The lowest BCUT2D eigenvalue weighted by atomic mass is 9.81. The van der Waals surface area contributed by atoms with Crippen LogP contribution >= 0.6 is 0 Å². The molecule has 38 heavy (non-hydrogen) atoms. The van der Waals surface area contributed by atoms with Crippen molar-refractivity contribution in [3.05, 3.63) is 30.0 Å². The number of rotatable bonds is 17. The molecule has 0 radical (unpaired) electrons. The second kappa shape index (κ2) is 15.0. The number of unbranched alkanes of at least 4 members (excludes halogenated alkanes) is 1. The summed E-state index contributed by atoms with van der Waals surface area (Å²) in [6.07, 6.45) is 4.51. The van der Waals surface area contributed by atoms with Gasteiger partial charge in [0.05, 0.1) is 30.0 Å². The number of aliphatic hydroxyl groups excluding tert-OH is 2. The molecule has 1 heterocycles. The Hall–Kier alpha value is -2.00. The minimum Gasteiger partial charge on any atom is -0.390 e. The van der Waals surface area contributed by atoms with Gasteiger partial charge in [-0.05, 0) is 56.6 Å². The minimum absolute atomic E-state index is 0.0710. The van der Waals surface area contributed by atoms with Crippen molar-refractivity contribution in [1.29, 1.82) is 0 Å². The smallest absolute Gasteiger partial charge is 0.225 e. The zero-order valence-electron chi connectivity index (χ0n) is 24.6. The van der Waals surface area contributed by atoms with E-state index in [1.54, 1.807) is 0 Å². The molecule has 2 rings (SSSR count). The van der Waals surface area contributed by atoms with E-state index < -0.39 is 23.7 Å². The fourth-order valence-corrected chi connectivity index (χ4v) is 4.79. The molecule has 0 bridgehead atoms. The highest BCUT2D eigenvalue weighted by Crippen LogP contribution is 2.33. The maximum atomic E-state index is 12.6. The highest BCUT2D eigenvalue weighted by Gasteiger charge is 2.31. The molecule has 0 aliphatic carbocycles. The second-order valence-electron chi connectivity index (χ2n) is 12.0. The summed E-state index contributed by atoms with van der Waals surface area (Å²) in [5.74, 6) is -0.0949. The number of amides is 1. The van der Waals surface area contributed by atoms with Crippen molar-refractivity contribution in [3.8, 4) is 0 Å². The third-order valence-electron chi connectivity index (χ3n) is 7.52. The average molecular weight is 533 g/mol. The fraction of sp³-hybridized carbons (Fsp3) is 0.733. The monoisotopic (exact) mass is 532 g/mol. The van der Waals surface area contributed by atoms with E-state index in [9.17, 15) is 15.0 Å². The molecule has 8 heteroatoms. The van der Waals surface area contributed by atoms with Gasteiger partial charge in [-0.2, -0.15) is 5.10 Å².